The van der Waals surface area contributed by atoms with Gasteiger partial charge in [0.15, 0.2) is 17.8 Å². The van der Waals surface area contributed by atoms with Gasteiger partial charge in [-0.1, -0.05) is 36.4 Å². The lowest BCUT2D eigenvalue weighted by atomic mass is 10.1. The van der Waals surface area contributed by atoms with Gasteiger partial charge in [0.2, 0.25) is 0 Å². The molecule has 0 saturated carbocycles. The summed E-state index contributed by atoms with van der Waals surface area (Å²) in [7, 11) is 0. The minimum Gasteiger partial charge on any atom is -0.349 e. The molecule has 5 heterocycles. The molecule has 4 atom stereocenters. The second-order valence-corrected chi connectivity index (χ2v) is 9.81. The SMILES string of the molecule is CC1(C)OC2C3Cc4nc5c(N(C(=O)c6ccccc6)C(=O)c6ccccc6)nncc5n4C(O3)C2O1. The van der Waals surface area contributed by atoms with Gasteiger partial charge < -0.3 is 14.2 Å². The molecule has 0 aliphatic carbocycles. The van der Waals surface area contributed by atoms with Crippen LogP contribution in [0.15, 0.2) is 66.9 Å². The summed E-state index contributed by atoms with van der Waals surface area (Å²) in [6.07, 6.45) is 0.866. The second-order valence-electron chi connectivity index (χ2n) is 9.81. The average Bonchev–Trinajstić information content (AvgIpc) is 3.53. The van der Waals surface area contributed by atoms with Crippen LogP contribution < -0.4 is 4.90 Å². The smallest absolute Gasteiger partial charge is 0.266 e. The third-order valence-corrected chi connectivity index (χ3v) is 6.99. The minimum absolute atomic E-state index is 0.0680. The van der Waals surface area contributed by atoms with Crippen LogP contribution in [0, 0.1) is 0 Å². The zero-order valence-electron chi connectivity index (χ0n) is 20.1. The molecular weight excluding hydrogens is 474 g/mol. The van der Waals surface area contributed by atoms with E-state index < -0.39 is 23.8 Å². The number of nitrogens with zero attached hydrogens (tertiary/aromatic N) is 5. The molecule has 2 bridgehead atoms. The number of amides is 2. The maximum absolute atomic E-state index is 13.7. The highest BCUT2D eigenvalue weighted by atomic mass is 16.8. The van der Waals surface area contributed by atoms with E-state index in [0.29, 0.717) is 28.6 Å². The highest BCUT2D eigenvalue weighted by Gasteiger charge is 2.58. The summed E-state index contributed by atoms with van der Waals surface area (Å²) in [5.74, 6) is -0.941. The topological polar surface area (TPSA) is 109 Å². The second kappa shape index (κ2) is 8.01. The lowest BCUT2D eigenvalue weighted by Gasteiger charge is -2.29. The van der Waals surface area contributed by atoms with Gasteiger partial charge >= 0.3 is 0 Å². The Balaban J connectivity index is 1.37. The van der Waals surface area contributed by atoms with E-state index in [1.807, 2.05) is 30.5 Å². The van der Waals surface area contributed by atoms with Crippen LogP contribution in [0.1, 0.15) is 46.6 Å². The van der Waals surface area contributed by atoms with Crippen LogP contribution in [-0.4, -0.2) is 55.7 Å². The molecule has 2 saturated heterocycles. The Bertz CT molecular complexity index is 1490. The number of hydrogen-bond acceptors (Lipinski definition) is 8. The molecular formula is C27H23N5O5. The Labute approximate surface area is 211 Å². The molecule has 2 fully saturated rings. The molecule has 3 aliphatic heterocycles. The molecule has 10 heteroatoms. The third-order valence-electron chi connectivity index (χ3n) is 6.99. The quantitative estimate of drug-likeness (QED) is 0.397. The molecule has 186 valence electrons. The van der Waals surface area contributed by atoms with Crippen LogP contribution in [-0.2, 0) is 20.6 Å². The Morgan fingerprint density at radius 2 is 1.57 bits per heavy atom. The van der Waals surface area contributed by atoms with Crippen molar-refractivity contribution in [2.24, 2.45) is 0 Å². The fourth-order valence-electron chi connectivity index (χ4n) is 5.46. The molecule has 37 heavy (non-hydrogen) atoms. The van der Waals surface area contributed by atoms with Gasteiger partial charge in [0.1, 0.15) is 23.5 Å². The molecule has 2 amide bonds. The maximum Gasteiger partial charge on any atom is 0.266 e. The van der Waals surface area contributed by atoms with Crippen LogP contribution in [0.3, 0.4) is 0 Å². The number of hydrogen-bond donors (Lipinski definition) is 0. The minimum atomic E-state index is -0.713. The summed E-state index contributed by atoms with van der Waals surface area (Å²) in [5, 5.41) is 8.44. The number of fused-ring (bicyclic) bond motifs is 9. The average molecular weight is 498 g/mol. The molecule has 0 spiro atoms. The molecule has 0 radical (unpaired) electrons. The third kappa shape index (κ3) is 3.41. The number of aromatic nitrogens is 4. The van der Waals surface area contributed by atoms with Crippen LogP contribution in [0.4, 0.5) is 5.82 Å². The number of anilines is 1. The van der Waals surface area contributed by atoms with Crippen molar-refractivity contribution in [1.82, 2.24) is 19.7 Å². The molecule has 4 aromatic rings. The summed E-state index contributed by atoms with van der Waals surface area (Å²) >= 11 is 0. The van der Waals surface area contributed by atoms with Crippen molar-refractivity contribution in [3.05, 3.63) is 83.8 Å². The van der Waals surface area contributed by atoms with Crippen molar-refractivity contribution in [1.29, 1.82) is 0 Å². The normalized spacial score (nSPS) is 25.0. The van der Waals surface area contributed by atoms with Gasteiger partial charge in [-0.3, -0.25) is 14.2 Å². The van der Waals surface area contributed by atoms with Gasteiger partial charge in [0.05, 0.1) is 17.8 Å². The fourth-order valence-corrected chi connectivity index (χ4v) is 5.46. The van der Waals surface area contributed by atoms with Gasteiger partial charge in [0, 0.05) is 17.5 Å². The summed E-state index contributed by atoms with van der Waals surface area (Å²) in [4.78, 5) is 33.4. The van der Waals surface area contributed by atoms with Gasteiger partial charge in [-0.05, 0) is 38.1 Å². The van der Waals surface area contributed by atoms with Gasteiger partial charge in [-0.15, -0.1) is 5.10 Å². The first-order chi connectivity index (χ1) is 17.9. The molecule has 10 nitrogen and oxygen atoms in total. The number of benzene rings is 2. The van der Waals surface area contributed by atoms with Crippen molar-refractivity contribution in [3.8, 4) is 0 Å². The number of carbonyl (C=O) groups is 2. The van der Waals surface area contributed by atoms with Crippen LogP contribution >= 0.6 is 0 Å². The maximum atomic E-state index is 13.7. The number of ether oxygens (including phenoxy) is 3. The predicted molar refractivity (Wildman–Crippen MR) is 131 cm³/mol. The van der Waals surface area contributed by atoms with Crippen molar-refractivity contribution in [3.63, 3.8) is 0 Å². The van der Waals surface area contributed by atoms with Gasteiger partial charge in [-0.2, -0.15) is 5.10 Å². The summed E-state index contributed by atoms with van der Waals surface area (Å²) < 4.78 is 20.5. The zero-order chi connectivity index (χ0) is 25.3. The van der Waals surface area contributed by atoms with Crippen molar-refractivity contribution < 1.29 is 23.8 Å². The van der Waals surface area contributed by atoms with Crippen LogP contribution in [0.5, 0.6) is 0 Å². The summed E-state index contributed by atoms with van der Waals surface area (Å²) in [6, 6.07) is 17.2. The first-order valence-corrected chi connectivity index (χ1v) is 12.1. The Morgan fingerprint density at radius 3 is 2.22 bits per heavy atom. The molecule has 2 aromatic heterocycles. The van der Waals surface area contributed by atoms with Crippen molar-refractivity contribution in [2.75, 3.05) is 4.90 Å². The predicted octanol–water partition coefficient (Wildman–Crippen LogP) is 3.29. The summed E-state index contributed by atoms with van der Waals surface area (Å²) in [5.41, 5.74) is 1.69. The molecule has 7 rings (SSSR count). The summed E-state index contributed by atoms with van der Waals surface area (Å²) in [6.45, 7) is 3.78. The first kappa shape index (κ1) is 22.2. The first-order valence-electron chi connectivity index (χ1n) is 12.1. The van der Waals surface area contributed by atoms with E-state index >= 15 is 0 Å². The Kier molecular flexibility index (Phi) is 4.81. The lowest BCUT2D eigenvalue weighted by molar-refractivity contribution is -0.201. The number of imidazole rings is 1. The number of rotatable bonds is 3. The van der Waals surface area contributed by atoms with Crippen molar-refractivity contribution in [2.45, 2.75) is 50.6 Å². The Morgan fingerprint density at radius 1 is 0.946 bits per heavy atom. The Hall–Kier alpha value is -3.99. The highest BCUT2D eigenvalue weighted by molar-refractivity contribution is 6.27. The van der Waals surface area contributed by atoms with E-state index in [2.05, 4.69) is 10.2 Å². The van der Waals surface area contributed by atoms with Crippen LogP contribution in [0.25, 0.3) is 11.0 Å². The largest absolute Gasteiger partial charge is 0.349 e. The molecule has 3 aliphatic rings. The van der Waals surface area contributed by atoms with E-state index in [1.165, 1.54) is 0 Å². The fraction of sp³-hybridized carbons (Fsp3) is 0.296. The van der Waals surface area contributed by atoms with Crippen molar-refractivity contribution >= 4 is 28.7 Å². The molecule has 2 aromatic carbocycles. The molecule has 0 N–H and O–H groups in total. The zero-order valence-corrected chi connectivity index (χ0v) is 20.1. The van der Waals surface area contributed by atoms with E-state index in [4.69, 9.17) is 19.2 Å². The molecule has 4 unspecified atom stereocenters. The highest BCUT2D eigenvalue weighted by Crippen LogP contribution is 2.48. The van der Waals surface area contributed by atoms with Crippen LogP contribution in [0.2, 0.25) is 0 Å². The van der Waals surface area contributed by atoms with E-state index in [0.717, 1.165) is 10.7 Å². The van der Waals surface area contributed by atoms with Gasteiger partial charge in [0.25, 0.3) is 11.8 Å². The van der Waals surface area contributed by atoms with Gasteiger partial charge in [-0.25, -0.2) is 9.88 Å². The van der Waals surface area contributed by atoms with E-state index in [-0.39, 0.29) is 24.1 Å². The monoisotopic (exact) mass is 497 g/mol. The number of carbonyl (C=O) groups excluding carboxylic acids is 2. The van der Waals surface area contributed by atoms with E-state index in [1.54, 1.807) is 54.7 Å². The lowest BCUT2D eigenvalue weighted by Crippen LogP contribution is -2.38. The van der Waals surface area contributed by atoms with E-state index in [9.17, 15) is 9.59 Å². The standard InChI is InChI=1S/C27H23N5O5/c1-27(2)36-21-18-13-19-29-20-17(31(19)26(35-18)22(21)37-27)14-28-30-23(20)32(24(33)15-9-5-3-6-10-15)25(34)16-11-7-4-8-12-16/h3-12,14,18,21-22,26H,13H2,1-2H3. The number of imide groups is 1.